The summed E-state index contributed by atoms with van der Waals surface area (Å²) < 4.78 is 13.7. The van der Waals surface area contributed by atoms with Crippen LogP contribution in [-0.4, -0.2) is 32.8 Å². The molecule has 1 heterocycles. The molecule has 2 amide bonds. The number of thioether (sulfide) groups is 1. The molecule has 1 aromatic rings. The van der Waals surface area contributed by atoms with Gasteiger partial charge in [0.25, 0.3) is 0 Å². The number of benzene rings is 1. The Hall–Kier alpha value is -1.47. The van der Waals surface area contributed by atoms with Gasteiger partial charge in [0.05, 0.1) is 5.25 Å². The van der Waals surface area contributed by atoms with Gasteiger partial charge in [-0.25, -0.2) is 4.39 Å². The molecule has 24 heavy (non-hydrogen) atoms. The van der Waals surface area contributed by atoms with Crippen molar-refractivity contribution in [2.24, 2.45) is 0 Å². The first-order valence-corrected chi connectivity index (χ1v) is 9.37. The van der Waals surface area contributed by atoms with Crippen molar-refractivity contribution in [1.29, 1.82) is 0 Å². The van der Waals surface area contributed by atoms with Crippen molar-refractivity contribution in [3.05, 3.63) is 30.1 Å². The molecule has 0 aliphatic carbocycles. The summed E-state index contributed by atoms with van der Waals surface area (Å²) in [5.41, 5.74) is 0.468. The van der Waals surface area contributed by atoms with Gasteiger partial charge in [-0.05, 0) is 37.5 Å². The van der Waals surface area contributed by atoms with Crippen LogP contribution in [0.5, 0.6) is 0 Å². The van der Waals surface area contributed by atoms with Crippen molar-refractivity contribution in [2.75, 3.05) is 11.9 Å². The monoisotopic (exact) mass is 368 g/mol. The second kappa shape index (κ2) is 9.13. The van der Waals surface area contributed by atoms with Crippen molar-refractivity contribution < 1.29 is 14.0 Å². The van der Waals surface area contributed by atoms with Gasteiger partial charge in [-0.15, -0.1) is 0 Å². The number of rotatable bonds is 8. The molecule has 1 N–H and O–H groups in total. The average Bonchev–Trinajstić information content (AvgIpc) is 2.81. The van der Waals surface area contributed by atoms with Crippen LogP contribution in [0.25, 0.3) is 0 Å². The predicted octanol–water partition coefficient (Wildman–Crippen LogP) is 3.96. The zero-order valence-electron chi connectivity index (χ0n) is 13.6. The highest BCUT2D eigenvalue weighted by molar-refractivity contribution is 8.24. The fraction of sp³-hybridized carbons (Fsp3) is 0.471. The number of hydrogen-bond acceptors (Lipinski definition) is 4. The number of carbonyl (C=O) groups is 2. The fourth-order valence-electron chi connectivity index (χ4n) is 2.48. The number of nitrogens with zero attached hydrogens (tertiary/aromatic N) is 1. The zero-order valence-corrected chi connectivity index (χ0v) is 15.2. The van der Waals surface area contributed by atoms with Gasteiger partial charge in [-0.3, -0.25) is 14.5 Å². The number of carbonyl (C=O) groups excluding carboxylic acids is 2. The highest BCUT2D eigenvalue weighted by Crippen LogP contribution is 2.29. The van der Waals surface area contributed by atoms with Gasteiger partial charge in [0.15, 0.2) is 0 Å². The Balaban J connectivity index is 1.64. The van der Waals surface area contributed by atoms with E-state index in [9.17, 15) is 14.0 Å². The Morgan fingerprint density at radius 3 is 2.83 bits per heavy atom. The zero-order chi connectivity index (χ0) is 17.5. The average molecular weight is 368 g/mol. The van der Waals surface area contributed by atoms with Crippen LogP contribution in [0, 0.1) is 5.82 Å². The molecule has 1 saturated heterocycles. The lowest BCUT2D eigenvalue weighted by atomic mass is 10.1. The maximum atomic E-state index is 13.0. The first-order valence-electron chi connectivity index (χ1n) is 8.08. The number of nitrogens with one attached hydrogen (secondary N) is 1. The molecule has 1 atom stereocenters. The summed E-state index contributed by atoms with van der Waals surface area (Å²) in [6, 6.07) is 5.84. The molecule has 2 rings (SSSR count). The van der Waals surface area contributed by atoms with Crippen LogP contribution in [0.2, 0.25) is 0 Å². The van der Waals surface area contributed by atoms with Crippen LogP contribution in [0.4, 0.5) is 10.1 Å². The second-order valence-corrected chi connectivity index (χ2v) is 7.48. The summed E-state index contributed by atoms with van der Waals surface area (Å²) in [6.45, 7) is 2.60. The van der Waals surface area contributed by atoms with Crippen LogP contribution < -0.4 is 5.32 Å². The summed E-state index contributed by atoms with van der Waals surface area (Å²) in [5, 5.41) is 2.64. The SMILES string of the molecule is CCC1SC(=S)N(CCCCCC(=O)Nc2cccc(F)c2)C1=O. The van der Waals surface area contributed by atoms with E-state index in [0.717, 1.165) is 25.7 Å². The van der Waals surface area contributed by atoms with E-state index in [-0.39, 0.29) is 22.9 Å². The largest absolute Gasteiger partial charge is 0.326 e. The molecule has 130 valence electrons. The molecule has 7 heteroatoms. The molecule has 1 aromatic carbocycles. The lowest BCUT2D eigenvalue weighted by molar-refractivity contribution is -0.126. The van der Waals surface area contributed by atoms with E-state index in [1.54, 1.807) is 17.0 Å². The van der Waals surface area contributed by atoms with Crippen molar-refractivity contribution in [1.82, 2.24) is 4.90 Å². The third-order valence-corrected chi connectivity index (χ3v) is 5.52. The van der Waals surface area contributed by atoms with Crippen LogP contribution in [0.1, 0.15) is 39.0 Å². The van der Waals surface area contributed by atoms with Crippen molar-refractivity contribution in [3.63, 3.8) is 0 Å². The van der Waals surface area contributed by atoms with Crippen LogP contribution in [0.3, 0.4) is 0 Å². The summed E-state index contributed by atoms with van der Waals surface area (Å²) >= 11 is 6.70. The minimum Gasteiger partial charge on any atom is -0.326 e. The highest BCUT2D eigenvalue weighted by Gasteiger charge is 2.34. The van der Waals surface area contributed by atoms with Crippen molar-refractivity contribution in [3.8, 4) is 0 Å². The first kappa shape index (κ1) is 18.9. The van der Waals surface area contributed by atoms with Gasteiger partial charge in [0.2, 0.25) is 11.8 Å². The molecule has 0 spiro atoms. The Morgan fingerprint density at radius 2 is 2.17 bits per heavy atom. The predicted molar refractivity (Wildman–Crippen MR) is 99.5 cm³/mol. The lowest BCUT2D eigenvalue weighted by Gasteiger charge is -2.15. The molecular weight excluding hydrogens is 347 g/mol. The number of hydrogen-bond donors (Lipinski definition) is 1. The minimum absolute atomic E-state index is 0.0328. The van der Waals surface area contributed by atoms with E-state index in [2.05, 4.69) is 5.32 Å². The topological polar surface area (TPSA) is 49.4 Å². The first-order chi connectivity index (χ1) is 11.5. The third-order valence-electron chi connectivity index (χ3n) is 3.77. The summed E-state index contributed by atoms with van der Waals surface area (Å²) in [6.07, 6.45) is 3.54. The standard InChI is InChI=1S/C17H21FN2O2S2/c1-2-14-16(22)20(17(23)24-14)10-5-3-4-9-15(21)19-13-8-6-7-12(18)11-13/h6-8,11,14H,2-5,9-10H2,1H3,(H,19,21). The van der Waals surface area contributed by atoms with Gasteiger partial charge in [-0.1, -0.05) is 43.4 Å². The maximum absolute atomic E-state index is 13.0. The van der Waals surface area contributed by atoms with Crippen LogP contribution >= 0.6 is 24.0 Å². The smallest absolute Gasteiger partial charge is 0.241 e. The molecule has 1 fully saturated rings. The number of halogens is 1. The van der Waals surface area contributed by atoms with E-state index in [4.69, 9.17) is 12.2 Å². The number of amides is 2. The van der Waals surface area contributed by atoms with E-state index in [0.29, 0.717) is 23.0 Å². The number of unbranched alkanes of at least 4 members (excludes halogenated alkanes) is 2. The van der Waals surface area contributed by atoms with Crippen LogP contribution in [0.15, 0.2) is 24.3 Å². The third kappa shape index (κ3) is 5.27. The molecule has 1 aliphatic rings. The molecule has 0 bridgehead atoms. The van der Waals surface area contributed by atoms with Gasteiger partial charge in [0, 0.05) is 18.7 Å². The number of thiocarbonyl (C=S) groups is 1. The Morgan fingerprint density at radius 1 is 1.38 bits per heavy atom. The normalized spacial score (nSPS) is 17.4. The summed E-state index contributed by atoms with van der Waals surface area (Å²) in [7, 11) is 0. The Labute approximate surface area is 151 Å². The van der Waals surface area contributed by atoms with E-state index < -0.39 is 0 Å². The molecule has 4 nitrogen and oxygen atoms in total. The van der Waals surface area contributed by atoms with Crippen molar-refractivity contribution in [2.45, 2.75) is 44.3 Å². The highest BCUT2D eigenvalue weighted by atomic mass is 32.2. The summed E-state index contributed by atoms with van der Waals surface area (Å²) in [4.78, 5) is 25.6. The molecule has 0 aromatic heterocycles. The van der Waals surface area contributed by atoms with E-state index in [1.165, 1.54) is 23.9 Å². The number of anilines is 1. The molecule has 1 aliphatic heterocycles. The van der Waals surface area contributed by atoms with Gasteiger partial charge in [-0.2, -0.15) is 0 Å². The second-order valence-electron chi connectivity index (χ2n) is 5.64. The molecular formula is C17H21FN2O2S2. The molecule has 0 radical (unpaired) electrons. The van der Waals surface area contributed by atoms with E-state index in [1.807, 2.05) is 6.92 Å². The van der Waals surface area contributed by atoms with E-state index >= 15 is 0 Å². The molecule has 0 saturated carbocycles. The van der Waals surface area contributed by atoms with Gasteiger partial charge < -0.3 is 5.32 Å². The lowest BCUT2D eigenvalue weighted by Crippen LogP contribution is -2.32. The Kier molecular flexibility index (Phi) is 7.17. The van der Waals surface area contributed by atoms with Gasteiger partial charge >= 0.3 is 0 Å². The van der Waals surface area contributed by atoms with Gasteiger partial charge in [0.1, 0.15) is 10.1 Å². The van der Waals surface area contributed by atoms with Crippen molar-refractivity contribution >= 4 is 45.8 Å². The summed E-state index contributed by atoms with van der Waals surface area (Å²) in [5.74, 6) is -0.395. The maximum Gasteiger partial charge on any atom is 0.241 e. The molecule has 1 unspecified atom stereocenters. The van der Waals surface area contributed by atoms with Crippen LogP contribution in [-0.2, 0) is 9.59 Å². The minimum atomic E-state index is -0.373. The Bertz CT molecular complexity index is 624. The quantitative estimate of drug-likeness (QED) is 0.557. The fourth-order valence-corrected chi connectivity index (χ4v) is 3.96.